The summed E-state index contributed by atoms with van der Waals surface area (Å²) in [5.74, 6) is -1.14. The van der Waals surface area contributed by atoms with Gasteiger partial charge in [0.05, 0.1) is 35.4 Å². The van der Waals surface area contributed by atoms with Gasteiger partial charge in [-0.15, -0.1) is 11.3 Å². The number of aryl methyl sites for hydroxylation is 1. The molecule has 3 rings (SSSR count). The molecule has 1 aliphatic heterocycles. The van der Waals surface area contributed by atoms with E-state index >= 15 is 0 Å². The minimum atomic E-state index is -0.422. The highest BCUT2D eigenvalue weighted by atomic mass is 32.1. The van der Waals surface area contributed by atoms with Gasteiger partial charge in [-0.25, -0.2) is 4.98 Å². The molecule has 1 aromatic heterocycles. The summed E-state index contributed by atoms with van der Waals surface area (Å²) < 4.78 is 5.17. The molecule has 124 valence electrons. The molecule has 1 aromatic carbocycles. The molecule has 0 bridgehead atoms. The lowest BCUT2D eigenvalue weighted by Crippen LogP contribution is -2.32. The summed E-state index contributed by atoms with van der Waals surface area (Å²) in [7, 11) is 0. The lowest BCUT2D eigenvalue weighted by molar-refractivity contribution is -0.143. The first kappa shape index (κ1) is 16.3. The summed E-state index contributed by atoms with van der Waals surface area (Å²) >= 11 is 1.53. The fourth-order valence-corrected chi connectivity index (χ4v) is 3.30. The Hall–Kier alpha value is -2.54. The number of carbonyl (C=O) groups excluding carboxylic acids is 3. The maximum absolute atomic E-state index is 12.2. The van der Waals surface area contributed by atoms with Crippen LogP contribution in [-0.4, -0.2) is 40.8 Å². The fraction of sp³-hybridized carbons (Fsp3) is 0.294. The summed E-state index contributed by atoms with van der Waals surface area (Å²) in [5, 5.41) is 0. The topological polar surface area (TPSA) is 76.6 Å². The zero-order valence-electron chi connectivity index (χ0n) is 13.2. The number of imide groups is 1. The molecule has 7 heteroatoms. The van der Waals surface area contributed by atoms with Crippen LogP contribution in [0.1, 0.15) is 37.7 Å². The van der Waals surface area contributed by atoms with Crippen molar-refractivity contribution in [2.75, 3.05) is 13.2 Å². The molecule has 24 heavy (non-hydrogen) atoms. The van der Waals surface area contributed by atoms with Crippen LogP contribution < -0.4 is 0 Å². The molecular weight excluding hydrogens is 328 g/mol. The molecule has 0 atom stereocenters. The molecule has 2 heterocycles. The molecule has 6 nitrogen and oxygen atoms in total. The number of hydrogen-bond donors (Lipinski definition) is 0. The quantitative estimate of drug-likeness (QED) is 0.593. The van der Waals surface area contributed by atoms with Crippen molar-refractivity contribution in [3.05, 3.63) is 51.5 Å². The first-order chi connectivity index (χ1) is 11.6. The van der Waals surface area contributed by atoms with Gasteiger partial charge in [0.25, 0.3) is 11.8 Å². The SMILES string of the molecule is Cc1ncsc1CCOC(=O)CCN1C(=O)c2ccccc2C1=O. The van der Waals surface area contributed by atoms with Gasteiger partial charge in [-0.3, -0.25) is 19.3 Å². The van der Waals surface area contributed by atoms with E-state index in [2.05, 4.69) is 4.98 Å². The number of fused-ring (bicyclic) bond motifs is 1. The van der Waals surface area contributed by atoms with Gasteiger partial charge in [0.1, 0.15) is 0 Å². The van der Waals surface area contributed by atoms with E-state index in [1.54, 1.807) is 29.8 Å². The Labute approximate surface area is 143 Å². The predicted molar refractivity (Wildman–Crippen MR) is 87.9 cm³/mol. The largest absolute Gasteiger partial charge is 0.465 e. The molecular formula is C17H16N2O4S. The number of thiazole rings is 1. The smallest absolute Gasteiger partial charge is 0.307 e. The van der Waals surface area contributed by atoms with Crippen LogP contribution in [0.4, 0.5) is 0 Å². The molecule has 0 saturated heterocycles. The number of benzene rings is 1. The van der Waals surface area contributed by atoms with Crippen LogP contribution in [0.2, 0.25) is 0 Å². The number of amides is 2. The van der Waals surface area contributed by atoms with Crippen molar-refractivity contribution in [1.82, 2.24) is 9.88 Å². The maximum Gasteiger partial charge on any atom is 0.307 e. The molecule has 0 saturated carbocycles. The van der Waals surface area contributed by atoms with Crippen LogP contribution in [-0.2, 0) is 16.0 Å². The maximum atomic E-state index is 12.2. The van der Waals surface area contributed by atoms with E-state index < -0.39 is 5.97 Å². The minimum Gasteiger partial charge on any atom is -0.465 e. The highest BCUT2D eigenvalue weighted by molar-refractivity contribution is 7.09. The molecule has 0 N–H and O–H groups in total. The van der Waals surface area contributed by atoms with Crippen LogP contribution >= 0.6 is 11.3 Å². The fourth-order valence-electron chi connectivity index (χ4n) is 2.54. The van der Waals surface area contributed by atoms with Gasteiger partial charge < -0.3 is 4.74 Å². The van der Waals surface area contributed by atoms with Crippen molar-refractivity contribution in [2.45, 2.75) is 19.8 Å². The molecule has 0 radical (unpaired) electrons. The van der Waals surface area contributed by atoms with Crippen molar-refractivity contribution in [3.63, 3.8) is 0 Å². The molecule has 0 spiro atoms. The van der Waals surface area contributed by atoms with Crippen molar-refractivity contribution in [3.8, 4) is 0 Å². The second kappa shape index (κ2) is 6.92. The zero-order chi connectivity index (χ0) is 17.1. The monoisotopic (exact) mass is 344 g/mol. The molecule has 0 unspecified atom stereocenters. The lowest BCUT2D eigenvalue weighted by atomic mass is 10.1. The van der Waals surface area contributed by atoms with Gasteiger partial charge in [-0.1, -0.05) is 12.1 Å². The number of rotatable bonds is 6. The van der Waals surface area contributed by atoms with Crippen LogP contribution in [0.5, 0.6) is 0 Å². The highest BCUT2D eigenvalue weighted by Gasteiger charge is 2.35. The predicted octanol–water partition coefficient (Wildman–Crippen LogP) is 2.22. The van der Waals surface area contributed by atoms with Crippen molar-refractivity contribution < 1.29 is 19.1 Å². The van der Waals surface area contributed by atoms with Gasteiger partial charge in [0.15, 0.2) is 0 Å². The average molecular weight is 344 g/mol. The third kappa shape index (κ3) is 3.21. The van der Waals surface area contributed by atoms with Gasteiger partial charge in [0, 0.05) is 17.8 Å². The molecule has 0 fully saturated rings. The second-order valence-corrected chi connectivity index (χ2v) is 6.33. The van der Waals surface area contributed by atoms with Crippen LogP contribution in [0.3, 0.4) is 0 Å². The Bertz CT molecular complexity index is 764. The van der Waals surface area contributed by atoms with Crippen LogP contribution in [0, 0.1) is 6.92 Å². The number of carbonyl (C=O) groups is 3. The Morgan fingerprint density at radius 3 is 2.46 bits per heavy atom. The van der Waals surface area contributed by atoms with E-state index in [1.165, 1.54) is 11.3 Å². The van der Waals surface area contributed by atoms with E-state index in [1.807, 2.05) is 6.92 Å². The summed E-state index contributed by atoms with van der Waals surface area (Å²) in [6.07, 6.45) is 0.613. The number of nitrogens with zero attached hydrogens (tertiary/aromatic N) is 2. The number of hydrogen-bond acceptors (Lipinski definition) is 6. The summed E-state index contributed by atoms with van der Waals surface area (Å²) in [6, 6.07) is 6.66. The molecule has 1 aliphatic rings. The van der Waals surface area contributed by atoms with Crippen molar-refractivity contribution in [2.24, 2.45) is 0 Å². The Balaban J connectivity index is 1.48. The average Bonchev–Trinajstić information content (AvgIpc) is 3.09. The van der Waals surface area contributed by atoms with E-state index in [0.717, 1.165) is 15.5 Å². The first-order valence-corrected chi connectivity index (χ1v) is 8.45. The summed E-state index contributed by atoms with van der Waals surface area (Å²) in [5.41, 5.74) is 3.48. The Morgan fingerprint density at radius 1 is 1.21 bits per heavy atom. The second-order valence-electron chi connectivity index (χ2n) is 5.39. The third-order valence-corrected chi connectivity index (χ3v) is 4.85. The molecule has 2 amide bonds. The van der Waals surface area contributed by atoms with Gasteiger partial charge in [-0.05, 0) is 19.1 Å². The minimum absolute atomic E-state index is 0.00680. The zero-order valence-corrected chi connectivity index (χ0v) is 14.0. The van der Waals surface area contributed by atoms with E-state index in [0.29, 0.717) is 17.5 Å². The molecule has 2 aromatic rings. The number of ether oxygens (including phenoxy) is 1. The normalized spacial score (nSPS) is 13.3. The standard InChI is InChI=1S/C17H16N2O4S/c1-11-14(24-10-18-11)7-9-23-15(20)6-8-19-16(21)12-4-2-3-5-13(12)17(19)22/h2-5,10H,6-9H2,1H3. The van der Waals surface area contributed by atoms with E-state index in [4.69, 9.17) is 4.74 Å². The summed E-state index contributed by atoms with van der Waals surface area (Å²) in [6.45, 7) is 2.21. The molecule has 0 aliphatic carbocycles. The Kier molecular flexibility index (Phi) is 4.71. The van der Waals surface area contributed by atoms with Gasteiger partial charge >= 0.3 is 5.97 Å². The Morgan fingerprint density at radius 2 is 1.88 bits per heavy atom. The number of esters is 1. The van der Waals surface area contributed by atoms with Crippen LogP contribution in [0.15, 0.2) is 29.8 Å². The third-order valence-electron chi connectivity index (χ3n) is 3.85. The van der Waals surface area contributed by atoms with Gasteiger partial charge in [-0.2, -0.15) is 0 Å². The van der Waals surface area contributed by atoms with E-state index in [-0.39, 0.29) is 31.4 Å². The van der Waals surface area contributed by atoms with Crippen molar-refractivity contribution in [1.29, 1.82) is 0 Å². The van der Waals surface area contributed by atoms with E-state index in [9.17, 15) is 14.4 Å². The van der Waals surface area contributed by atoms with Gasteiger partial charge in [0.2, 0.25) is 0 Å². The highest BCUT2D eigenvalue weighted by Crippen LogP contribution is 2.22. The lowest BCUT2D eigenvalue weighted by Gasteiger charge is -2.13. The first-order valence-electron chi connectivity index (χ1n) is 7.57. The number of aromatic nitrogens is 1. The summed E-state index contributed by atoms with van der Waals surface area (Å²) in [4.78, 5) is 42.5. The van der Waals surface area contributed by atoms with Crippen LogP contribution in [0.25, 0.3) is 0 Å². The van der Waals surface area contributed by atoms with Crippen molar-refractivity contribution >= 4 is 29.1 Å².